The summed E-state index contributed by atoms with van der Waals surface area (Å²) in [6.45, 7) is 0.627. The van der Waals surface area contributed by atoms with E-state index in [4.69, 9.17) is 11.5 Å². The smallest absolute Gasteiger partial charge is 0.0457 e. The lowest BCUT2D eigenvalue weighted by Crippen LogP contribution is -2.15. The highest BCUT2D eigenvalue weighted by molar-refractivity contribution is 5.83. The zero-order valence-corrected chi connectivity index (χ0v) is 8.03. The van der Waals surface area contributed by atoms with Crippen molar-refractivity contribution in [3.8, 4) is 0 Å². The molecule has 5 N–H and O–H groups in total. The molecule has 0 spiro atoms. The maximum atomic E-state index is 6.04. The van der Waals surface area contributed by atoms with Crippen molar-refractivity contribution < 1.29 is 0 Å². The van der Waals surface area contributed by atoms with Crippen molar-refractivity contribution >= 4 is 10.9 Å². The molecule has 0 radical (unpaired) electrons. The molecule has 0 amide bonds. The molecule has 0 aliphatic carbocycles. The maximum Gasteiger partial charge on any atom is 0.0457 e. The van der Waals surface area contributed by atoms with Gasteiger partial charge in [-0.3, -0.25) is 0 Å². The van der Waals surface area contributed by atoms with Gasteiger partial charge in [-0.05, 0) is 30.7 Å². The zero-order chi connectivity index (χ0) is 9.97. The Morgan fingerprint density at radius 3 is 2.93 bits per heavy atom. The minimum atomic E-state index is 0.0412. The van der Waals surface area contributed by atoms with E-state index in [2.05, 4.69) is 17.1 Å². The summed E-state index contributed by atoms with van der Waals surface area (Å²) in [4.78, 5) is 3.17. The molecule has 14 heavy (non-hydrogen) atoms. The van der Waals surface area contributed by atoms with Gasteiger partial charge in [0.25, 0.3) is 0 Å². The first-order valence-corrected chi connectivity index (χ1v) is 4.84. The SMILES string of the molecule is NCCC(N)c1cccc2[nH]ccc12. The molecule has 0 saturated heterocycles. The number of fused-ring (bicyclic) bond motifs is 1. The molecule has 0 aliphatic rings. The van der Waals surface area contributed by atoms with E-state index in [1.54, 1.807) is 0 Å². The van der Waals surface area contributed by atoms with E-state index in [0.717, 1.165) is 11.9 Å². The summed E-state index contributed by atoms with van der Waals surface area (Å²) < 4.78 is 0. The molecular weight excluding hydrogens is 174 g/mol. The minimum absolute atomic E-state index is 0.0412. The highest BCUT2D eigenvalue weighted by atomic mass is 14.7. The molecule has 1 unspecified atom stereocenters. The number of hydrogen-bond donors (Lipinski definition) is 3. The number of nitrogens with one attached hydrogen (secondary N) is 1. The van der Waals surface area contributed by atoms with Crippen molar-refractivity contribution in [1.29, 1.82) is 0 Å². The van der Waals surface area contributed by atoms with Gasteiger partial charge in [0.05, 0.1) is 0 Å². The molecule has 1 aromatic carbocycles. The third-order valence-electron chi connectivity index (χ3n) is 2.51. The van der Waals surface area contributed by atoms with E-state index in [0.29, 0.717) is 6.54 Å². The fraction of sp³-hybridized carbons (Fsp3) is 0.273. The number of aromatic nitrogens is 1. The molecule has 3 heteroatoms. The van der Waals surface area contributed by atoms with Crippen molar-refractivity contribution in [3.63, 3.8) is 0 Å². The third kappa shape index (κ3) is 1.52. The predicted molar refractivity (Wildman–Crippen MR) is 58.9 cm³/mol. The van der Waals surface area contributed by atoms with Crippen LogP contribution in [0.3, 0.4) is 0 Å². The van der Waals surface area contributed by atoms with Crippen LogP contribution in [-0.2, 0) is 0 Å². The summed E-state index contributed by atoms with van der Waals surface area (Å²) in [7, 11) is 0. The highest BCUT2D eigenvalue weighted by Crippen LogP contribution is 2.23. The third-order valence-corrected chi connectivity index (χ3v) is 2.51. The normalized spacial score (nSPS) is 13.3. The van der Waals surface area contributed by atoms with Gasteiger partial charge in [-0.15, -0.1) is 0 Å². The molecule has 2 aromatic rings. The fourth-order valence-corrected chi connectivity index (χ4v) is 1.77. The van der Waals surface area contributed by atoms with Crippen LogP contribution >= 0.6 is 0 Å². The van der Waals surface area contributed by atoms with Crippen molar-refractivity contribution in [1.82, 2.24) is 4.98 Å². The second-order valence-electron chi connectivity index (χ2n) is 3.47. The van der Waals surface area contributed by atoms with Crippen molar-refractivity contribution in [2.45, 2.75) is 12.5 Å². The Labute approximate surface area is 83.1 Å². The van der Waals surface area contributed by atoms with Gasteiger partial charge in [-0.1, -0.05) is 12.1 Å². The lowest BCUT2D eigenvalue weighted by Gasteiger charge is -2.11. The van der Waals surface area contributed by atoms with Crippen molar-refractivity contribution in [2.24, 2.45) is 11.5 Å². The number of hydrogen-bond acceptors (Lipinski definition) is 2. The lowest BCUT2D eigenvalue weighted by atomic mass is 10.0. The van der Waals surface area contributed by atoms with E-state index in [9.17, 15) is 0 Å². The van der Waals surface area contributed by atoms with Gasteiger partial charge in [-0.25, -0.2) is 0 Å². The Morgan fingerprint density at radius 1 is 1.29 bits per heavy atom. The van der Waals surface area contributed by atoms with Crippen molar-refractivity contribution in [2.75, 3.05) is 6.54 Å². The largest absolute Gasteiger partial charge is 0.361 e. The first-order chi connectivity index (χ1) is 6.83. The van der Waals surface area contributed by atoms with Gasteiger partial charge in [0, 0.05) is 23.1 Å². The molecule has 1 heterocycles. The van der Waals surface area contributed by atoms with Gasteiger partial charge in [0.2, 0.25) is 0 Å². The van der Waals surface area contributed by atoms with Crippen LogP contribution in [0.25, 0.3) is 10.9 Å². The Balaban J connectivity index is 2.45. The van der Waals surface area contributed by atoms with Crippen LogP contribution in [0, 0.1) is 0 Å². The van der Waals surface area contributed by atoms with Crippen LogP contribution in [-0.4, -0.2) is 11.5 Å². The fourth-order valence-electron chi connectivity index (χ4n) is 1.77. The number of rotatable bonds is 3. The average Bonchev–Trinajstić information content (AvgIpc) is 2.65. The van der Waals surface area contributed by atoms with Crippen LogP contribution < -0.4 is 11.5 Å². The van der Waals surface area contributed by atoms with Gasteiger partial charge in [-0.2, -0.15) is 0 Å². The number of benzene rings is 1. The summed E-state index contributed by atoms with van der Waals surface area (Å²) in [5, 5.41) is 1.20. The maximum absolute atomic E-state index is 6.04. The molecule has 0 bridgehead atoms. The van der Waals surface area contributed by atoms with Gasteiger partial charge < -0.3 is 16.5 Å². The van der Waals surface area contributed by atoms with Gasteiger partial charge in [0.1, 0.15) is 0 Å². The van der Waals surface area contributed by atoms with Gasteiger partial charge >= 0.3 is 0 Å². The molecule has 0 fully saturated rings. The molecule has 3 nitrogen and oxygen atoms in total. The summed E-state index contributed by atoms with van der Waals surface area (Å²) in [5.74, 6) is 0. The first-order valence-electron chi connectivity index (χ1n) is 4.84. The minimum Gasteiger partial charge on any atom is -0.361 e. The second-order valence-corrected chi connectivity index (χ2v) is 3.47. The molecular formula is C11H15N3. The Hall–Kier alpha value is -1.32. The Bertz CT molecular complexity index is 419. The molecule has 0 aliphatic heterocycles. The predicted octanol–water partition coefficient (Wildman–Crippen LogP) is 1.52. The van der Waals surface area contributed by atoms with Crippen LogP contribution in [0.4, 0.5) is 0 Å². The number of aromatic amines is 1. The van der Waals surface area contributed by atoms with Crippen LogP contribution in [0.1, 0.15) is 18.0 Å². The standard InChI is InChI=1S/C11H15N3/c12-6-4-10(13)8-2-1-3-11-9(8)5-7-14-11/h1-3,5,7,10,14H,4,6,12-13H2. The Kier molecular flexibility index (Phi) is 2.52. The molecule has 2 rings (SSSR count). The average molecular weight is 189 g/mol. The number of nitrogens with two attached hydrogens (primary N) is 2. The zero-order valence-electron chi connectivity index (χ0n) is 8.03. The molecule has 74 valence electrons. The van der Waals surface area contributed by atoms with E-state index in [1.807, 2.05) is 18.3 Å². The topological polar surface area (TPSA) is 67.8 Å². The summed E-state index contributed by atoms with van der Waals surface area (Å²) in [5.41, 5.74) is 13.8. The summed E-state index contributed by atoms with van der Waals surface area (Å²) in [6.07, 6.45) is 2.76. The van der Waals surface area contributed by atoms with Gasteiger partial charge in [0.15, 0.2) is 0 Å². The van der Waals surface area contributed by atoms with Crippen LogP contribution in [0.2, 0.25) is 0 Å². The first kappa shape index (κ1) is 9.24. The second kappa shape index (κ2) is 3.82. The quantitative estimate of drug-likeness (QED) is 0.685. The van der Waals surface area contributed by atoms with E-state index in [1.165, 1.54) is 10.9 Å². The highest BCUT2D eigenvalue weighted by Gasteiger charge is 2.08. The molecule has 0 saturated carbocycles. The van der Waals surface area contributed by atoms with E-state index < -0.39 is 0 Å². The van der Waals surface area contributed by atoms with Crippen LogP contribution in [0.5, 0.6) is 0 Å². The summed E-state index contributed by atoms with van der Waals surface area (Å²) >= 11 is 0. The number of H-pyrrole nitrogens is 1. The van der Waals surface area contributed by atoms with Crippen molar-refractivity contribution in [3.05, 3.63) is 36.0 Å². The molecule has 1 atom stereocenters. The lowest BCUT2D eigenvalue weighted by molar-refractivity contribution is 0.666. The van der Waals surface area contributed by atoms with E-state index in [-0.39, 0.29) is 6.04 Å². The summed E-state index contributed by atoms with van der Waals surface area (Å²) in [6, 6.07) is 8.23. The Morgan fingerprint density at radius 2 is 2.14 bits per heavy atom. The molecule has 1 aromatic heterocycles. The van der Waals surface area contributed by atoms with Crippen LogP contribution in [0.15, 0.2) is 30.5 Å². The van der Waals surface area contributed by atoms with E-state index >= 15 is 0 Å². The monoisotopic (exact) mass is 189 g/mol.